The van der Waals surface area contributed by atoms with Crippen LogP contribution in [0.15, 0.2) is 54.6 Å². The Morgan fingerprint density at radius 3 is 2.30 bits per heavy atom. The van der Waals surface area contributed by atoms with E-state index in [9.17, 15) is 0 Å². The van der Waals surface area contributed by atoms with Crippen LogP contribution in [0.4, 0.5) is 0 Å². The van der Waals surface area contributed by atoms with Crippen molar-refractivity contribution < 1.29 is 4.74 Å². The van der Waals surface area contributed by atoms with Gasteiger partial charge in [0.1, 0.15) is 11.4 Å². The molecule has 0 saturated carbocycles. The van der Waals surface area contributed by atoms with Crippen LogP contribution in [0.1, 0.15) is 24.5 Å². The van der Waals surface area contributed by atoms with E-state index in [-0.39, 0.29) is 0 Å². The molecule has 1 atom stereocenters. The number of benzene rings is 2. The van der Waals surface area contributed by atoms with Crippen molar-refractivity contribution in [1.82, 2.24) is 0 Å². The fourth-order valence-corrected chi connectivity index (χ4v) is 2.18. The molecule has 2 aromatic rings. The summed E-state index contributed by atoms with van der Waals surface area (Å²) in [5.74, 6) is 0.740. The Morgan fingerprint density at radius 1 is 1.10 bits per heavy atom. The van der Waals surface area contributed by atoms with Crippen molar-refractivity contribution in [3.63, 3.8) is 0 Å². The first-order valence-electron chi connectivity index (χ1n) is 6.63. The molecule has 2 rings (SSSR count). The minimum absolute atomic E-state index is 0.468. The lowest BCUT2D eigenvalue weighted by Crippen LogP contribution is -2.32. The van der Waals surface area contributed by atoms with Gasteiger partial charge in [-0.15, -0.1) is 0 Å². The lowest BCUT2D eigenvalue weighted by atomic mass is 9.92. The highest BCUT2D eigenvalue weighted by Gasteiger charge is 2.27. The Bertz CT molecular complexity index is 587. The standard InChI is InChI=1S/C17H18N2O/c1-17(11-12-18,15-5-3-2-4-6-15)20-16-9-7-14(13-19)8-10-16/h2-10H,11-12,18H2,1H3. The average Bonchev–Trinajstić information content (AvgIpc) is 2.49. The van der Waals surface area contributed by atoms with Gasteiger partial charge in [0.25, 0.3) is 0 Å². The number of hydrogen-bond donors (Lipinski definition) is 1. The second kappa shape index (κ2) is 6.23. The number of nitrogens with zero attached hydrogens (tertiary/aromatic N) is 1. The van der Waals surface area contributed by atoms with Gasteiger partial charge in [-0.1, -0.05) is 30.3 Å². The molecule has 2 N–H and O–H groups in total. The number of nitrogens with two attached hydrogens (primary N) is 1. The zero-order valence-electron chi connectivity index (χ0n) is 11.5. The third kappa shape index (κ3) is 3.17. The zero-order chi connectivity index (χ0) is 14.4. The third-order valence-electron chi connectivity index (χ3n) is 3.33. The van der Waals surface area contributed by atoms with Crippen LogP contribution >= 0.6 is 0 Å². The number of ether oxygens (including phenoxy) is 1. The van der Waals surface area contributed by atoms with Crippen molar-refractivity contribution in [3.05, 3.63) is 65.7 Å². The van der Waals surface area contributed by atoms with E-state index in [1.807, 2.05) is 49.4 Å². The quantitative estimate of drug-likeness (QED) is 0.904. The van der Waals surface area contributed by atoms with Gasteiger partial charge in [0.2, 0.25) is 0 Å². The van der Waals surface area contributed by atoms with Gasteiger partial charge in [-0.3, -0.25) is 0 Å². The second-order valence-corrected chi connectivity index (χ2v) is 4.87. The minimum atomic E-state index is -0.468. The molecular formula is C17H18N2O. The van der Waals surface area contributed by atoms with Crippen molar-refractivity contribution in [1.29, 1.82) is 5.26 Å². The van der Waals surface area contributed by atoms with Crippen LogP contribution in [0.2, 0.25) is 0 Å². The van der Waals surface area contributed by atoms with E-state index in [0.717, 1.165) is 17.7 Å². The molecule has 0 saturated heterocycles. The SMILES string of the molecule is CC(CCN)(Oc1ccc(C#N)cc1)c1ccccc1. The molecule has 0 radical (unpaired) electrons. The van der Waals surface area contributed by atoms with E-state index in [1.54, 1.807) is 12.1 Å². The summed E-state index contributed by atoms with van der Waals surface area (Å²) in [5, 5.41) is 8.82. The molecule has 3 heteroatoms. The maximum Gasteiger partial charge on any atom is 0.132 e. The highest BCUT2D eigenvalue weighted by Crippen LogP contribution is 2.30. The fourth-order valence-electron chi connectivity index (χ4n) is 2.18. The predicted octanol–water partition coefficient (Wildman–Crippen LogP) is 3.20. The van der Waals surface area contributed by atoms with Crippen molar-refractivity contribution in [2.45, 2.75) is 18.9 Å². The molecule has 0 heterocycles. The molecule has 2 aromatic carbocycles. The lowest BCUT2D eigenvalue weighted by Gasteiger charge is -2.31. The van der Waals surface area contributed by atoms with Gasteiger partial charge in [0.05, 0.1) is 11.6 Å². The molecule has 0 aliphatic rings. The summed E-state index contributed by atoms with van der Waals surface area (Å²) < 4.78 is 6.14. The van der Waals surface area contributed by atoms with Gasteiger partial charge in [0, 0.05) is 6.42 Å². The van der Waals surface area contributed by atoms with Gasteiger partial charge < -0.3 is 10.5 Å². The summed E-state index contributed by atoms with van der Waals surface area (Å²) in [6, 6.07) is 19.3. The fraction of sp³-hybridized carbons (Fsp3) is 0.235. The molecule has 0 spiro atoms. The molecule has 102 valence electrons. The van der Waals surface area contributed by atoms with Gasteiger partial charge in [-0.05, 0) is 43.3 Å². The Kier molecular flexibility index (Phi) is 4.39. The van der Waals surface area contributed by atoms with E-state index in [2.05, 4.69) is 6.07 Å². The van der Waals surface area contributed by atoms with Crippen molar-refractivity contribution in [3.8, 4) is 11.8 Å². The maximum atomic E-state index is 8.82. The van der Waals surface area contributed by atoms with E-state index in [0.29, 0.717) is 12.1 Å². The van der Waals surface area contributed by atoms with E-state index >= 15 is 0 Å². The van der Waals surface area contributed by atoms with Gasteiger partial charge in [-0.2, -0.15) is 5.26 Å². The number of hydrogen-bond acceptors (Lipinski definition) is 3. The summed E-state index contributed by atoms with van der Waals surface area (Å²) in [7, 11) is 0. The zero-order valence-corrected chi connectivity index (χ0v) is 11.5. The van der Waals surface area contributed by atoms with Crippen LogP contribution in [0.3, 0.4) is 0 Å². The molecule has 0 aliphatic carbocycles. The molecule has 3 nitrogen and oxygen atoms in total. The Labute approximate surface area is 119 Å². The minimum Gasteiger partial charge on any atom is -0.483 e. The molecule has 0 aliphatic heterocycles. The van der Waals surface area contributed by atoms with Gasteiger partial charge >= 0.3 is 0 Å². The summed E-state index contributed by atoms with van der Waals surface area (Å²) in [6.45, 7) is 2.58. The first kappa shape index (κ1) is 14.1. The van der Waals surface area contributed by atoms with E-state index < -0.39 is 5.60 Å². The van der Waals surface area contributed by atoms with Crippen molar-refractivity contribution in [2.24, 2.45) is 5.73 Å². The first-order valence-corrected chi connectivity index (χ1v) is 6.63. The Hall–Kier alpha value is -2.31. The molecule has 0 aromatic heterocycles. The van der Waals surface area contributed by atoms with Crippen molar-refractivity contribution in [2.75, 3.05) is 6.54 Å². The molecule has 0 bridgehead atoms. The lowest BCUT2D eigenvalue weighted by molar-refractivity contribution is 0.0797. The number of rotatable bonds is 5. The highest BCUT2D eigenvalue weighted by molar-refractivity contribution is 5.35. The van der Waals surface area contributed by atoms with E-state index in [1.165, 1.54) is 0 Å². The van der Waals surface area contributed by atoms with Crippen LogP contribution in [0.25, 0.3) is 0 Å². The molecule has 0 fully saturated rings. The van der Waals surface area contributed by atoms with Gasteiger partial charge in [0.15, 0.2) is 0 Å². The van der Waals surface area contributed by atoms with Crippen LogP contribution in [-0.2, 0) is 5.60 Å². The molecular weight excluding hydrogens is 248 g/mol. The molecule has 20 heavy (non-hydrogen) atoms. The largest absolute Gasteiger partial charge is 0.483 e. The Morgan fingerprint density at radius 2 is 1.75 bits per heavy atom. The highest BCUT2D eigenvalue weighted by atomic mass is 16.5. The number of nitriles is 1. The van der Waals surface area contributed by atoms with Gasteiger partial charge in [-0.25, -0.2) is 0 Å². The summed E-state index contributed by atoms with van der Waals surface area (Å²) in [5.41, 5.74) is 6.98. The summed E-state index contributed by atoms with van der Waals surface area (Å²) >= 11 is 0. The molecule has 1 unspecified atom stereocenters. The monoisotopic (exact) mass is 266 g/mol. The predicted molar refractivity (Wildman–Crippen MR) is 79.3 cm³/mol. The summed E-state index contributed by atoms with van der Waals surface area (Å²) in [6.07, 6.45) is 0.719. The van der Waals surface area contributed by atoms with Crippen LogP contribution < -0.4 is 10.5 Å². The maximum absolute atomic E-state index is 8.82. The second-order valence-electron chi connectivity index (χ2n) is 4.87. The van der Waals surface area contributed by atoms with Crippen LogP contribution in [0, 0.1) is 11.3 Å². The van der Waals surface area contributed by atoms with E-state index in [4.69, 9.17) is 15.7 Å². The smallest absolute Gasteiger partial charge is 0.132 e. The van der Waals surface area contributed by atoms with Crippen LogP contribution in [-0.4, -0.2) is 6.54 Å². The normalized spacial score (nSPS) is 13.2. The molecule has 0 amide bonds. The topological polar surface area (TPSA) is 59.0 Å². The van der Waals surface area contributed by atoms with Crippen molar-refractivity contribution >= 4 is 0 Å². The average molecular weight is 266 g/mol. The van der Waals surface area contributed by atoms with Crippen LogP contribution in [0.5, 0.6) is 5.75 Å². The summed E-state index contributed by atoms with van der Waals surface area (Å²) in [4.78, 5) is 0. The Balaban J connectivity index is 2.27. The third-order valence-corrected chi connectivity index (χ3v) is 3.33. The first-order chi connectivity index (χ1) is 9.68.